The van der Waals surface area contributed by atoms with E-state index in [-0.39, 0.29) is 0 Å². The Morgan fingerprint density at radius 2 is 1.81 bits per heavy atom. The fraction of sp³-hybridized carbons (Fsp3) is 1.00. The first-order valence-corrected chi connectivity index (χ1v) is 6.90. The van der Waals surface area contributed by atoms with Crippen molar-refractivity contribution in [2.45, 2.75) is 52.5 Å². The Kier molecular flexibility index (Phi) is 3.91. The van der Waals surface area contributed by atoms with Gasteiger partial charge >= 0.3 is 0 Å². The molecule has 2 heteroatoms. The molecule has 2 aliphatic rings. The molecule has 1 aliphatic heterocycles. The molecule has 0 amide bonds. The zero-order valence-corrected chi connectivity index (χ0v) is 11.1. The van der Waals surface area contributed by atoms with Crippen LogP contribution in [0.25, 0.3) is 0 Å². The van der Waals surface area contributed by atoms with Crippen LogP contribution in [0.4, 0.5) is 0 Å². The van der Waals surface area contributed by atoms with Gasteiger partial charge in [-0.15, -0.1) is 0 Å². The molecule has 2 rings (SSSR count). The summed E-state index contributed by atoms with van der Waals surface area (Å²) in [6.45, 7) is 10.1. The molecule has 1 saturated carbocycles. The van der Waals surface area contributed by atoms with Gasteiger partial charge < -0.3 is 10.1 Å². The number of ether oxygens (including phenoxy) is 1. The lowest BCUT2D eigenvalue weighted by Gasteiger charge is -2.40. The van der Waals surface area contributed by atoms with Crippen LogP contribution < -0.4 is 5.32 Å². The maximum absolute atomic E-state index is 5.29. The van der Waals surface area contributed by atoms with E-state index in [1.165, 1.54) is 25.7 Å². The second kappa shape index (κ2) is 5.05. The predicted molar refractivity (Wildman–Crippen MR) is 67.5 cm³/mol. The van der Waals surface area contributed by atoms with Gasteiger partial charge in [-0.2, -0.15) is 0 Å². The molecule has 0 aromatic heterocycles. The highest BCUT2D eigenvalue weighted by atomic mass is 16.5. The highest BCUT2D eigenvalue weighted by Crippen LogP contribution is 2.31. The molecule has 1 saturated heterocycles. The van der Waals surface area contributed by atoms with Gasteiger partial charge in [0.25, 0.3) is 0 Å². The Morgan fingerprint density at radius 1 is 1.19 bits per heavy atom. The Morgan fingerprint density at radius 3 is 2.25 bits per heavy atom. The molecular formula is C14H27NO. The van der Waals surface area contributed by atoms with Gasteiger partial charge in [0.2, 0.25) is 0 Å². The molecule has 0 unspecified atom stereocenters. The summed E-state index contributed by atoms with van der Waals surface area (Å²) < 4.78 is 5.29. The van der Waals surface area contributed by atoms with Crippen molar-refractivity contribution >= 4 is 0 Å². The van der Waals surface area contributed by atoms with E-state index in [4.69, 9.17) is 4.74 Å². The van der Waals surface area contributed by atoms with Gasteiger partial charge in [0.1, 0.15) is 0 Å². The Labute approximate surface area is 100 Å². The smallest absolute Gasteiger partial charge is 0.0554 e. The van der Waals surface area contributed by atoms with Crippen molar-refractivity contribution in [3.05, 3.63) is 0 Å². The molecule has 0 aromatic rings. The molecule has 0 atom stereocenters. The molecule has 2 fully saturated rings. The van der Waals surface area contributed by atoms with Crippen LogP contribution in [-0.4, -0.2) is 25.8 Å². The molecule has 16 heavy (non-hydrogen) atoms. The maximum atomic E-state index is 5.29. The Balaban J connectivity index is 1.65. The zero-order valence-electron chi connectivity index (χ0n) is 11.1. The topological polar surface area (TPSA) is 21.3 Å². The van der Waals surface area contributed by atoms with Gasteiger partial charge in [-0.3, -0.25) is 0 Å². The summed E-state index contributed by atoms with van der Waals surface area (Å²) in [7, 11) is 0. The Hall–Kier alpha value is -0.0800. The van der Waals surface area contributed by atoms with E-state index in [1.54, 1.807) is 0 Å². The van der Waals surface area contributed by atoms with Gasteiger partial charge in [0.15, 0.2) is 0 Å². The van der Waals surface area contributed by atoms with Crippen molar-refractivity contribution in [1.29, 1.82) is 0 Å². The number of hydrogen-bond acceptors (Lipinski definition) is 2. The third-order valence-corrected chi connectivity index (χ3v) is 4.43. The molecule has 1 heterocycles. The normalized spacial score (nSPS) is 33.8. The summed E-state index contributed by atoms with van der Waals surface area (Å²) >= 11 is 0. The van der Waals surface area contributed by atoms with Crippen LogP contribution in [0.5, 0.6) is 0 Å². The van der Waals surface area contributed by atoms with Crippen LogP contribution in [0.2, 0.25) is 0 Å². The van der Waals surface area contributed by atoms with Crippen LogP contribution in [0.15, 0.2) is 0 Å². The van der Waals surface area contributed by atoms with Crippen LogP contribution in [0, 0.1) is 17.3 Å². The third kappa shape index (κ3) is 2.98. The number of nitrogens with one attached hydrogen (secondary N) is 1. The first kappa shape index (κ1) is 12.4. The first-order valence-electron chi connectivity index (χ1n) is 6.90. The van der Waals surface area contributed by atoms with E-state index in [9.17, 15) is 0 Å². The lowest BCUT2D eigenvalue weighted by atomic mass is 9.79. The molecule has 0 radical (unpaired) electrons. The zero-order chi connectivity index (χ0) is 11.6. The van der Waals surface area contributed by atoms with Crippen molar-refractivity contribution < 1.29 is 4.74 Å². The molecule has 94 valence electrons. The molecule has 0 spiro atoms. The van der Waals surface area contributed by atoms with Crippen LogP contribution in [-0.2, 0) is 4.74 Å². The molecular weight excluding hydrogens is 198 g/mol. The maximum Gasteiger partial charge on any atom is 0.0554 e. The van der Waals surface area contributed by atoms with Crippen molar-refractivity contribution in [3.8, 4) is 0 Å². The summed E-state index contributed by atoms with van der Waals surface area (Å²) in [6.07, 6.45) is 5.59. The van der Waals surface area contributed by atoms with Crippen molar-refractivity contribution in [2.75, 3.05) is 19.8 Å². The minimum Gasteiger partial charge on any atom is -0.380 e. The van der Waals surface area contributed by atoms with E-state index in [0.29, 0.717) is 5.41 Å². The largest absolute Gasteiger partial charge is 0.380 e. The first-order chi connectivity index (χ1) is 7.59. The summed E-state index contributed by atoms with van der Waals surface area (Å²) in [5.74, 6) is 1.85. The second-order valence-corrected chi connectivity index (χ2v) is 6.54. The van der Waals surface area contributed by atoms with Gasteiger partial charge in [-0.05, 0) is 37.5 Å². The van der Waals surface area contributed by atoms with Crippen molar-refractivity contribution in [1.82, 2.24) is 5.32 Å². The fourth-order valence-corrected chi connectivity index (χ4v) is 2.93. The quantitative estimate of drug-likeness (QED) is 0.794. The SMILES string of the molecule is CC(C)C1CCC(NCC2(C)COC2)CC1. The summed E-state index contributed by atoms with van der Waals surface area (Å²) in [5.41, 5.74) is 0.425. The predicted octanol–water partition coefficient (Wildman–Crippen LogP) is 2.83. The van der Waals surface area contributed by atoms with Crippen LogP contribution >= 0.6 is 0 Å². The summed E-state index contributed by atoms with van der Waals surface area (Å²) in [5, 5.41) is 3.74. The number of hydrogen-bond donors (Lipinski definition) is 1. The molecule has 2 nitrogen and oxygen atoms in total. The van der Waals surface area contributed by atoms with Crippen LogP contribution in [0.3, 0.4) is 0 Å². The third-order valence-electron chi connectivity index (χ3n) is 4.43. The van der Waals surface area contributed by atoms with E-state index in [1.807, 2.05) is 0 Å². The fourth-order valence-electron chi connectivity index (χ4n) is 2.93. The van der Waals surface area contributed by atoms with E-state index in [2.05, 4.69) is 26.1 Å². The minimum absolute atomic E-state index is 0.425. The van der Waals surface area contributed by atoms with Crippen molar-refractivity contribution in [3.63, 3.8) is 0 Å². The summed E-state index contributed by atoms with van der Waals surface area (Å²) in [6, 6.07) is 0.771. The highest BCUT2D eigenvalue weighted by molar-refractivity contribution is 4.86. The highest BCUT2D eigenvalue weighted by Gasteiger charge is 2.34. The lowest BCUT2D eigenvalue weighted by molar-refractivity contribution is -0.100. The van der Waals surface area contributed by atoms with Gasteiger partial charge in [-0.25, -0.2) is 0 Å². The minimum atomic E-state index is 0.425. The average Bonchev–Trinajstić information content (AvgIpc) is 2.24. The number of rotatable bonds is 4. The van der Waals surface area contributed by atoms with E-state index < -0.39 is 0 Å². The van der Waals surface area contributed by atoms with Gasteiger partial charge in [0.05, 0.1) is 13.2 Å². The average molecular weight is 225 g/mol. The molecule has 1 N–H and O–H groups in total. The van der Waals surface area contributed by atoms with Gasteiger partial charge in [-0.1, -0.05) is 20.8 Å². The molecule has 0 aromatic carbocycles. The molecule has 1 aliphatic carbocycles. The Bertz CT molecular complexity index is 215. The van der Waals surface area contributed by atoms with E-state index in [0.717, 1.165) is 37.6 Å². The van der Waals surface area contributed by atoms with E-state index >= 15 is 0 Å². The van der Waals surface area contributed by atoms with Crippen molar-refractivity contribution in [2.24, 2.45) is 17.3 Å². The second-order valence-electron chi connectivity index (χ2n) is 6.54. The standard InChI is InChI=1S/C14H27NO/c1-11(2)12-4-6-13(7-5-12)15-8-14(3)9-16-10-14/h11-13,15H,4-10H2,1-3H3. The summed E-state index contributed by atoms with van der Waals surface area (Å²) in [4.78, 5) is 0. The van der Waals surface area contributed by atoms with Crippen LogP contribution in [0.1, 0.15) is 46.5 Å². The molecule has 0 bridgehead atoms. The lowest BCUT2D eigenvalue weighted by Crippen LogP contribution is -2.50. The monoisotopic (exact) mass is 225 g/mol. The van der Waals surface area contributed by atoms with Gasteiger partial charge in [0, 0.05) is 18.0 Å².